The predicted octanol–water partition coefficient (Wildman–Crippen LogP) is 3.60. The zero-order valence-corrected chi connectivity index (χ0v) is 15.0. The molecule has 4 rings (SSSR count). The van der Waals surface area contributed by atoms with Gasteiger partial charge in [-0.25, -0.2) is 9.97 Å². The third-order valence-electron chi connectivity index (χ3n) is 4.16. The van der Waals surface area contributed by atoms with Crippen LogP contribution in [0.25, 0.3) is 22.3 Å². The van der Waals surface area contributed by atoms with Gasteiger partial charge in [0.15, 0.2) is 0 Å². The first-order valence-electron chi connectivity index (χ1n) is 7.84. The van der Waals surface area contributed by atoms with Crippen LogP contribution < -0.4 is 5.32 Å². The van der Waals surface area contributed by atoms with E-state index in [-0.39, 0.29) is 5.91 Å². The van der Waals surface area contributed by atoms with Crippen LogP contribution >= 0.6 is 11.3 Å². The lowest BCUT2D eigenvalue weighted by molar-refractivity contribution is 0.101. The Morgan fingerprint density at radius 2 is 2.00 bits per heavy atom. The molecule has 0 saturated heterocycles. The topological polar surface area (TPSA) is 64.7 Å². The van der Waals surface area contributed by atoms with Crippen molar-refractivity contribution in [1.29, 1.82) is 0 Å². The molecule has 0 saturated carbocycles. The number of benzene rings is 1. The monoisotopic (exact) mass is 351 g/mol. The van der Waals surface area contributed by atoms with E-state index in [9.17, 15) is 4.79 Å². The van der Waals surface area contributed by atoms with Crippen LogP contribution in [-0.2, 0) is 14.1 Å². The molecule has 0 spiro atoms. The summed E-state index contributed by atoms with van der Waals surface area (Å²) in [5.74, 6) is 0.331. The Balaban J connectivity index is 1.64. The maximum Gasteiger partial charge on any atom is 0.274 e. The molecule has 1 N–H and O–H groups in total. The molecule has 0 radical (unpaired) electrons. The molecule has 0 bridgehead atoms. The van der Waals surface area contributed by atoms with Gasteiger partial charge < -0.3 is 9.13 Å². The normalized spacial score (nSPS) is 11.2. The molecule has 0 atom stereocenters. The number of aryl methyl sites for hydroxylation is 3. The number of thiazole rings is 1. The minimum Gasteiger partial charge on any atom is -0.346 e. The van der Waals surface area contributed by atoms with Crippen molar-refractivity contribution in [2.24, 2.45) is 14.1 Å². The number of hydrogen-bond acceptors (Lipinski definition) is 4. The number of nitrogens with one attached hydrogen (secondary N) is 1. The summed E-state index contributed by atoms with van der Waals surface area (Å²) in [7, 11) is 3.74. The van der Waals surface area contributed by atoms with Crippen molar-refractivity contribution in [3.05, 3.63) is 52.6 Å². The average molecular weight is 351 g/mol. The highest BCUT2D eigenvalue weighted by atomic mass is 32.1. The summed E-state index contributed by atoms with van der Waals surface area (Å²) in [6, 6.07) is 9.64. The zero-order valence-electron chi connectivity index (χ0n) is 14.1. The van der Waals surface area contributed by atoms with Crippen molar-refractivity contribution >= 4 is 34.2 Å². The van der Waals surface area contributed by atoms with Gasteiger partial charge in [-0.3, -0.25) is 10.1 Å². The molecule has 6 nitrogen and oxygen atoms in total. The average Bonchev–Trinajstić information content (AvgIpc) is 3.27. The van der Waals surface area contributed by atoms with Gasteiger partial charge in [-0.1, -0.05) is 12.1 Å². The molecule has 25 heavy (non-hydrogen) atoms. The van der Waals surface area contributed by atoms with E-state index in [1.165, 1.54) is 0 Å². The summed E-state index contributed by atoms with van der Waals surface area (Å²) >= 11 is 1.60. The van der Waals surface area contributed by atoms with Gasteiger partial charge in [-0.2, -0.15) is 0 Å². The molecule has 126 valence electrons. The number of nitrogens with zero attached hydrogens (tertiary/aromatic N) is 4. The summed E-state index contributed by atoms with van der Waals surface area (Å²) in [5, 5.41) is 5.90. The van der Waals surface area contributed by atoms with Crippen LogP contribution in [0.1, 0.15) is 15.5 Å². The lowest BCUT2D eigenvalue weighted by atomic mass is 10.2. The first-order chi connectivity index (χ1) is 12.0. The van der Waals surface area contributed by atoms with Crippen molar-refractivity contribution in [2.45, 2.75) is 6.92 Å². The summed E-state index contributed by atoms with van der Waals surface area (Å²) < 4.78 is 3.68. The van der Waals surface area contributed by atoms with E-state index in [1.807, 2.05) is 72.1 Å². The highest BCUT2D eigenvalue weighted by molar-refractivity contribution is 7.09. The molecular formula is C18H17N5OS. The van der Waals surface area contributed by atoms with Gasteiger partial charge in [0.1, 0.15) is 5.69 Å². The minimum absolute atomic E-state index is 0.195. The number of amides is 1. The maximum atomic E-state index is 12.7. The van der Waals surface area contributed by atoms with Crippen LogP contribution in [0.15, 0.2) is 41.9 Å². The highest BCUT2D eigenvalue weighted by Crippen LogP contribution is 2.24. The first kappa shape index (κ1) is 15.6. The zero-order chi connectivity index (χ0) is 17.6. The Hall–Kier alpha value is -2.93. The number of carbonyl (C=O) groups excluding carboxylic acids is 1. The van der Waals surface area contributed by atoms with Gasteiger partial charge in [0.25, 0.3) is 5.91 Å². The van der Waals surface area contributed by atoms with Gasteiger partial charge in [0.2, 0.25) is 5.95 Å². The summed E-state index contributed by atoms with van der Waals surface area (Å²) in [6.07, 6.45) is 1.92. The molecule has 0 fully saturated rings. The Morgan fingerprint density at radius 3 is 2.72 bits per heavy atom. The lowest BCUT2D eigenvalue weighted by Crippen LogP contribution is -2.17. The fourth-order valence-corrected chi connectivity index (χ4v) is 3.47. The number of anilines is 1. The number of imidazole rings is 1. The molecule has 0 aliphatic heterocycles. The Bertz CT molecular complexity index is 1090. The van der Waals surface area contributed by atoms with Crippen LogP contribution in [0.5, 0.6) is 0 Å². The Morgan fingerprint density at radius 1 is 1.20 bits per heavy atom. The molecule has 1 aromatic carbocycles. The second-order valence-electron chi connectivity index (χ2n) is 5.91. The number of rotatable bonds is 3. The summed E-state index contributed by atoms with van der Waals surface area (Å²) in [4.78, 5) is 21.7. The van der Waals surface area contributed by atoms with Gasteiger partial charge in [0, 0.05) is 31.2 Å². The fourth-order valence-electron chi connectivity index (χ4n) is 2.85. The van der Waals surface area contributed by atoms with Gasteiger partial charge in [0.05, 0.1) is 21.7 Å². The van der Waals surface area contributed by atoms with E-state index in [0.29, 0.717) is 11.6 Å². The van der Waals surface area contributed by atoms with Crippen LogP contribution in [0.3, 0.4) is 0 Å². The fraction of sp³-hybridized carbons (Fsp3) is 0.167. The number of aromatic nitrogens is 4. The predicted molar refractivity (Wildman–Crippen MR) is 99.9 cm³/mol. The number of carbonyl (C=O) groups is 1. The van der Waals surface area contributed by atoms with E-state index in [1.54, 1.807) is 11.3 Å². The summed E-state index contributed by atoms with van der Waals surface area (Å²) in [6.45, 7) is 1.97. The lowest BCUT2D eigenvalue weighted by Gasteiger charge is -2.05. The van der Waals surface area contributed by atoms with Gasteiger partial charge in [-0.05, 0) is 25.1 Å². The third-order valence-corrected chi connectivity index (χ3v) is 4.94. The maximum absolute atomic E-state index is 12.7. The minimum atomic E-state index is -0.195. The standard InChI is InChI=1S/C18H17N5OS/c1-11-19-14(10-25-11)12-8-16(22(2)9-12)17(24)21-18-20-13-6-4-5-7-15(13)23(18)3/h4-10H,1-3H3,(H,20,21,24). The van der Waals surface area contributed by atoms with Gasteiger partial charge >= 0.3 is 0 Å². The molecule has 7 heteroatoms. The van der Waals surface area contributed by atoms with E-state index < -0.39 is 0 Å². The Labute approximate surface area is 148 Å². The highest BCUT2D eigenvalue weighted by Gasteiger charge is 2.17. The molecule has 3 heterocycles. The molecule has 0 aliphatic carbocycles. The van der Waals surface area contributed by atoms with Crippen LogP contribution in [-0.4, -0.2) is 25.0 Å². The smallest absolute Gasteiger partial charge is 0.274 e. The van der Waals surface area contributed by atoms with Crippen molar-refractivity contribution in [3.63, 3.8) is 0 Å². The number of fused-ring (bicyclic) bond motifs is 1. The van der Waals surface area contributed by atoms with Crippen molar-refractivity contribution in [2.75, 3.05) is 5.32 Å². The second-order valence-corrected chi connectivity index (χ2v) is 6.98. The van der Waals surface area contributed by atoms with E-state index >= 15 is 0 Å². The van der Waals surface area contributed by atoms with E-state index in [4.69, 9.17) is 0 Å². The molecular weight excluding hydrogens is 334 g/mol. The molecule has 4 aromatic rings. The number of para-hydroxylation sites is 2. The molecule has 3 aromatic heterocycles. The molecule has 0 unspecified atom stereocenters. The van der Waals surface area contributed by atoms with E-state index in [2.05, 4.69) is 15.3 Å². The summed E-state index contributed by atoms with van der Waals surface area (Å²) in [5.41, 5.74) is 4.21. The number of hydrogen-bond donors (Lipinski definition) is 1. The SMILES string of the molecule is Cc1nc(-c2cc(C(=O)Nc3nc4ccccc4n3C)n(C)c2)cs1. The molecule has 1 amide bonds. The van der Waals surface area contributed by atoms with Crippen LogP contribution in [0, 0.1) is 6.92 Å². The van der Waals surface area contributed by atoms with Crippen molar-refractivity contribution < 1.29 is 4.79 Å². The second kappa shape index (κ2) is 5.86. The van der Waals surface area contributed by atoms with Gasteiger partial charge in [-0.15, -0.1) is 11.3 Å². The largest absolute Gasteiger partial charge is 0.346 e. The molecule has 0 aliphatic rings. The third kappa shape index (κ3) is 2.72. The van der Waals surface area contributed by atoms with E-state index in [0.717, 1.165) is 27.3 Å². The van der Waals surface area contributed by atoms with Crippen LogP contribution in [0.4, 0.5) is 5.95 Å². The first-order valence-corrected chi connectivity index (χ1v) is 8.72. The van der Waals surface area contributed by atoms with Crippen molar-refractivity contribution in [1.82, 2.24) is 19.1 Å². The quantitative estimate of drug-likeness (QED) is 0.613. The van der Waals surface area contributed by atoms with Crippen LogP contribution in [0.2, 0.25) is 0 Å². The van der Waals surface area contributed by atoms with Crippen molar-refractivity contribution in [3.8, 4) is 11.3 Å². The Kier molecular flexibility index (Phi) is 3.65.